The number of hydrogen-bond donors (Lipinski definition) is 0. The summed E-state index contributed by atoms with van der Waals surface area (Å²) in [7, 11) is -12.4. The van der Waals surface area contributed by atoms with Crippen molar-refractivity contribution in [2.75, 3.05) is 26.4 Å². The van der Waals surface area contributed by atoms with Crippen molar-refractivity contribution in [1.82, 2.24) is 0 Å². The smallest absolute Gasteiger partial charge is 0.415 e. The van der Waals surface area contributed by atoms with Crippen LogP contribution in [-0.4, -0.2) is 61.2 Å². The molecule has 0 aliphatic heterocycles. The first-order valence-corrected chi connectivity index (χ1v) is 22.4. The maximum absolute atomic E-state index is 10.1. The Bertz CT molecular complexity index is 644. The Kier molecular flexibility index (Phi) is 17.7. The normalized spacial score (nSPS) is 17.0. The Morgan fingerprint density at radius 3 is 1.35 bits per heavy atom. The maximum Gasteiger partial charge on any atom is 0.510 e. The van der Waals surface area contributed by atoms with Gasteiger partial charge in [-0.15, -0.1) is 0 Å². The molecule has 0 saturated carbocycles. The monoisotopic (exact) mass is 595 g/mol. The molecule has 0 spiro atoms. The SMILES string of the molecule is CCC[Si](OCC)(OCC)O[Si](CC)(O[Si](CC)(O[Si](OCC)(OCC)C(C#N)CC)C(C)C)C(C)C. The van der Waals surface area contributed by atoms with E-state index in [9.17, 15) is 5.26 Å². The Hall–Kier alpha value is 0.0775. The van der Waals surface area contributed by atoms with Gasteiger partial charge in [-0.1, -0.05) is 61.8 Å². The lowest BCUT2D eigenvalue weighted by molar-refractivity contribution is 0.0845. The maximum atomic E-state index is 10.1. The van der Waals surface area contributed by atoms with Gasteiger partial charge in [0, 0.05) is 32.5 Å². The second kappa shape index (κ2) is 17.7. The highest BCUT2D eigenvalue weighted by molar-refractivity contribution is 6.89. The molecule has 220 valence electrons. The van der Waals surface area contributed by atoms with Gasteiger partial charge in [0.05, 0.1) is 6.07 Å². The summed E-state index contributed by atoms with van der Waals surface area (Å²) in [6.45, 7) is 26.7. The molecule has 12 heteroatoms. The van der Waals surface area contributed by atoms with Crippen molar-refractivity contribution in [1.29, 1.82) is 5.26 Å². The fourth-order valence-corrected chi connectivity index (χ4v) is 25.6. The minimum atomic E-state index is -3.40. The van der Waals surface area contributed by atoms with Crippen LogP contribution in [0.25, 0.3) is 0 Å². The molecular formula is C25H57NO7Si4. The van der Waals surface area contributed by atoms with Crippen molar-refractivity contribution in [3.8, 4) is 6.07 Å². The summed E-state index contributed by atoms with van der Waals surface area (Å²) in [4.78, 5) is 0. The molecule has 0 aliphatic rings. The summed E-state index contributed by atoms with van der Waals surface area (Å²) in [5, 5.41) is 10.1. The molecule has 8 nitrogen and oxygen atoms in total. The Morgan fingerprint density at radius 2 is 1.05 bits per heavy atom. The summed E-state index contributed by atoms with van der Waals surface area (Å²) in [5.74, 6) is 0. The summed E-state index contributed by atoms with van der Waals surface area (Å²) < 4.78 is 46.9. The first-order chi connectivity index (χ1) is 17.5. The van der Waals surface area contributed by atoms with Crippen LogP contribution in [0.2, 0.25) is 34.8 Å². The predicted octanol–water partition coefficient (Wildman–Crippen LogP) is 7.52. The average molecular weight is 596 g/mol. The van der Waals surface area contributed by atoms with Gasteiger partial charge in [-0.3, -0.25) is 0 Å². The van der Waals surface area contributed by atoms with Gasteiger partial charge in [-0.2, -0.15) is 5.26 Å². The van der Waals surface area contributed by atoms with E-state index in [4.69, 9.17) is 30.0 Å². The first-order valence-electron chi connectivity index (χ1n) is 14.5. The molecule has 0 aromatic rings. The van der Waals surface area contributed by atoms with Crippen LogP contribution in [0.15, 0.2) is 0 Å². The van der Waals surface area contributed by atoms with Crippen LogP contribution >= 0.6 is 0 Å². The molecule has 0 heterocycles. The molecule has 37 heavy (non-hydrogen) atoms. The highest BCUT2D eigenvalue weighted by Crippen LogP contribution is 2.43. The van der Waals surface area contributed by atoms with Crippen LogP contribution in [0.4, 0.5) is 0 Å². The van der Waals surface area contributed by atoms with Crippen molar-refractivity contribution in [2.24, 2.45) is 0 Å². The van der Waals surface area contributed by atoms with Gasteiger partial charge in [0.1, 0.15) is 5.54 Å². The molecular weight excluding hydrogens is 539 g/mol. The first kappa shape index (κ1) is 37.1. The van der Waals surface area contributed by atoms with Gasteiger partial charge in [0.2, 0.25) is 0 Å². The van der Waals surface area contributed by atoms with E-state index in [2.05, 4.69) is 54.5 Å². The molecule has 3 atom stereocenters. The topological polar surface area (TPSA) is 88.4 Å². The standard InChI is InChI=1S/C25H57NO7Si4/c1-13-21-36(27-15-3,28-16-4)32-34(19-7,23(9)10)31-35(20-8,24(11)12)33-37(29-17-5,30-18-6)25(14-2)22-26/h23-25H,13-21H2,1-12H3. The molecule has 0 amide bonds. The van der Waals surface area contributed by atoms with Crippen molar-refractivity contribution in [3.05, 3.63) is 0 Å². The molecule has 3 unspecified atom stereocenters. The van der Waals surface area contributed by atoms with E-state index in [0.29, 0.717) is 38.9 Å². The molecule has 0 aromatic heterocycles. The summed E-state index contributed by atoms with van der Waals surface area (Å²) >= 11 is 0. The zero-order valence-corrected chi connectivity index (χ0v) is 29.9. The number of rotatable bonds is 22. The van der Waals surface area contributed by atoms with Gasteiger partial charge >= 0.3 is 34.7 Å². The van der Waals surface area contributed by atoms with E-state index in [0.717, 1.165) is 18.5 Å². The van der Waals surface area contributed by atoms with E-state index < -0.39 is 40.3 Å². The fraction of sp³-hybridized carbons (Fsp3) is 0.960. The van der Waals surface area contributed by atoms with Crippen LogP contribution in [0, 0.1) is 11.3 Å². The highest BCUT2D eigenvalue weighted by Gasteiger charge is 2.61. The molecule has 0 fully saturated rings. The third-order valence-electron chi connectivity index (χ3n) is 6.70. The Morgan fingerprint density at radius 1 is 0.622 bits per heavy atom. The molecule has 0 rings (SSSR count). The molecule has 0 saturated heterocycles. The largest absolute Gasteiger partial charge is 0.510 e. The number of nitriles is 1. The lowest BCUT2D eigenvalue weighted by Crippen LogP contribution is -2.67. The second-order valence-corrected chi connectivity index (χ2v) is 24.2. The van der Waals surface area contributed by atoms with Crippen LogP contribution in [-0.2, 0) is 30.0 Å². The lowest BCUT2D eigenvalue weighted by Gasteiger charge is -2.49. The van der Waals surface area contributed by atoms with Gasteiger partial charge < -0.3 is 30.0 Å². The van der Waals surface area contributed by atoms with E-state index >= 15 is 0 Å². The van der Waals surface area contributed by atoms with Crippen molar-refractivity contribution >= 4 is 34.7 Å². The van der Waals surface area contributed by atoms with Crippen molar-refractivity contribution in [2.45, 2.75) is 131 Å². The van der Waals surface area contributed by atoms with Gasteiger partial charge in [0.15, 0.2) is 0 Å². The third kappa shape index (κ3) is 9.60. The number of hydrogen-bond acceptors (Lipinski definition) is 8. The molecule has 0 N–H and O–H groups in total. The quantitative estimate of drug-likeness (QED) is 0.119. The third-order valence-corrected chi connectivity index (χ3v) is 25.4. The van der Waals surface area contributed by atoms with Gasteiger partial charge in [0.25, 0.3) is 0 Å². The van der Waals surface area contributed by atoms with Crippen LogP contribution in [0.1, 0.15) is 95.9 Å². The second-order valence-electron chi connectivity index (χ2n) is 9.80. The van der Waals surface area contributed by atoms with Crippen LogP contribution < -0.4 is 0 Å². The van der Waals surface area contributed by atoms with Gasteiger partial charge in [-0.05, 0) is 57.3 Å². The molecule has 0 bridgehead atoms. The predicted molar refractivity (Wildman–Crippen MR) is 159 cm³/mol. The van der Waals surface area contributed by atoms with E-state index in [1.54, 1.807) is 0 Å². The fourth-order valence-electron chi connectivity index (χ4n) is 4.65. The zero-order chi connectivity index (χ0) is 28.8. The lowest BCUT2D eigenvalue weighted by atomic mass is 10.4. The average Bonchev–Trinajstić information content (AvgIpc) is 2.84. The molecule has 0 aromatic carbocycles. The zero-order valence-electron chi connectivity index (χ0n) is 25.9. The Labute approximate surface area is 232 Å². The van der Waals surface area contributed by atoms with E-state index in [1.165, 1.54) is 0 Å². The highest BCUT2D eigenvalue weighted by atomic mass is 28.5. The van der Waals surface area contributed by atoms with Crippen molar-refractivity contribution in [3.63, 3.8) is 0 Å². The van der Waals surface area contributed by atoms with Gasteiger partial charge in [-0.25, -0.2) is 0 Å². The van der Waals surface area contributed by atoms with Crippen molar-refractivity contribution < 1.29 is 30.0 Å². The van der Waals surface area contributed by atoms with Crippen LogP contribution in [0.3, 0.4) is 0 Å². The molecule has 0 aliphatic carbocycles. The summed E-state index contributed by atoms with van der Waals surface area (Å²) in [5.41, 5.74) is -0.244. The number of nitrogens with zero attached hydrogens (tertiary/aromatic N) is 1. The summed E-state index contributed by atoms with van der Waals surface area (Å²) in [6, 6.07) is 4.61. The minimum absolute atomic E-state index is 0.0868. The minimum Gasteiger partial charge on any atom is -0.415 e. The van der Waals surface area contributed by atoms with Crippen LogP contribution in [0.5, 0.6) is 0 Å². The molecule has 0 radical (unpaired) electrons. The van der Waals surface area contributed by atoms with E-state index in [-0.39, 0.29) is 11.1 Å². The Balaban J connectivity index is 6.96. The summed E-state index contributed by atoms with van der Waals surface area (Å²) in [6.07, 6.45) is 1.49. The van der Waals surface area contributed by atoms with E-state index in [1.807, 2.05) is 34.6 Å².